The Bertz CT molecular complexity index is 1000. The number of rotatable bonds is 3. The van der Waals surface area contributed by atoms with Crippen molar-refractivity contribution in [1.82, 2.24) is 24.0 Å². The SMILES string of the molecule is Cn1c(=O)n(C(=O)N2CCCC2)c2nc(CCc3ccccc3)ncc21. The first-order valence-electron chi connectivity index (χ1n) is 8.92. The predicted molar refractivity (Wildman–Crippen MR) is 98.2 cm³/mol. The lowest BCUT2D eigenvalue weighted by molar-refractivity contribution is 0.210. The lowest BCUT2D eigenvalue weighted by atomic mass is 10.1. The van der Waals surface area contributed by atoms with Crippen molar-refractivity contribution in [3.63, 3.8) is 0 Å². The highest BCUT2D eigenvalue weighted by Gasteiger charge is 2.25. The highest BCUT2D eigenvalue weighted by atomic mass is 16.2. The maximum Gasteiger partial charge on any atom is 0.338 e. The Kier molecular flexibility index (Phi) is 4.28. The monoisotopic (exact) mass is 351 g/mol. The number of aromatic nitrogens is 4. The number of aryl methyl sites for hydroxylation is 3. The normalized spacial score (nSPS) is 14.3. The van der Waals surface area contributed by atoms with E-state index in [4.69, 9.17) is 0 Å². The van der Waals surface area contributed by atoms with Gasteiger partial charge in [0.25, 0.3) is 0 Å². The molecule has 0 aliphatic carbocycles. The Morgan fingerprint density at radius 3 is 2.58 bits per heavy atom. The zero-order valence-electron chi connectivity index (χ0n) is 14.8. The van der Waals surface area contributed by atoms with Gasteiger partial charge in [0.1, 0.15) is 11.3 Å². The van der Waals surface area contributed by atoms with Crippen LogP contribution in [0.1, 0.15) is 24.2 Å². The van der Waals surface area contributed by atoms with Gasteiger partial charge in [-0.3, -0.25) is 4.57 Å². The van der Waals surface area contributed by atoms with Crippen molar-refractivity contribution in [3.8, 4) is 0 Å². The second kappa shape index (κ2) is 6.74. The fourth-order valence-electron chi connectivity index (χ4n) is 3.39. The van der Waals surface area contributed by atoms with Crippen LogP contribution >= 0.6 is 0 Å². The van der Waals surface area contributed by atoms with Crippen LogP contribution in [0.2, 0.25) is 0 Å². The van der Waals surface area contributed by atoms with Crippen molar-refractivity contribution in [1.29, 1.82) is 0 Å². The summed E-state index contributed by atoms with van der Waals surface area (Å²) in [6.45, 7) is 1.38. The summed E-state index contributed by atoms with van der Waals surface area (Å²) in [5, 5.41) is 0. The average molecular weight is 351 g/mol. The molecule has 7 nitrogen and oxygen atoms in total. The molecule has 4 rings (SSSR count). The number of carbonyl (C=O) groups excluding carboxylic acids is 1. The molecule has 1 saturated heterocycles. The van der Waals surface area contributed by atoms with Gasteiger partial charge >= 0.3 is 11.7 Å². The maximum atomic E-state index is 12.8. The van der Waals surface area contributed by atoms with E-state index in [2.05, 4.69) is 22.1 Å². The van der Waals surface area contributed by atoms with Gasteiger partial charge < -0.3 is 4.90 Å². The van der Waals surface area contributed by atoms with Gasteiger partial charge in [-0.25, -0.2) is 19.6 Å². The molecule has 2 aromatic heterocycles. The smallest absolute Gasteiger partial charge is 0.324 e. The van der Waals surface area contributed by atoms with E-state index in [-0.39, 0.29) is 11.7 Å². The van der Waals surface area contributed by atoms with Crippen molar-refractivity contribution < 1.29 is 4.79 Å². The minimum atomic E-state index is -0.369. The fraction of sp³-hybridized carbons (Fsp3) is 0.368. The van der Waals surface area contributed by atoms with E-state index >= 15 is 0 Å². The van der Waals surface area contributed by atoms with E-state index < -0.39 is 0 Å². The number of fused-ring (bicyclic) bond motifs is 1. The van der Waals surface area contributed by atoms with Gasteiger partial charge in [-0.05, 0) is 24.8 Å². The minimum absolute atomic E-state index is 0.286. The number of carbonyl (C=O) groups is 1. The highest BCUT2D eigenvalue weighted by Crippen LogP contribution is 2.14. The van der Waals surface area contributed by atoms with Crippen LogP contribution < -0.4 is 5.69 Å². The number of amides is 1. The number of benzene rings is 1. The Labute approximate surface area is 150 Å². The van der Waals surface area contributed by atoms with Crippen molar-refractivity contribution in [2.24, 2.45) is 7.05 Å². The van der Waals surface area contributed by atoms with Gasteiger partial charge in [0, 0.05) is 26.6 Å². The van der Waals surface area contributed by atoms with Crippen LogP contribution in [0, 0.1) is 0 Å². The lowest BCUT2D eigenvalue weighted by Gasteiger charge is -2.14. The van der Waals surface area contributed by atoms with E-state index in [1.165, 1.54) is 14.7 Å². The summed E-state index contributed by atoms with van der Waals surface area (Å²) in [5.41, 5.74) is 1.81. The molecule has 134 valence electrons. The van der Waals surface area contributed by atoms with Crippen LogP contribution in [0.4, 0.5) is 4.79 Å². The number of hydrogen-bond acceptors (Lipinski definition) is 4. The Morgan fingerprint density at radius 1 is 1.12 bits per heavy atom. The molecule has 0 radical (unpaired) electrons. The second-order valence-corrected chi connectivity index (χ2v) is 6.63. The first-order valence-corrected chi connectivity index (χ1v) is 8.92. The molecular formula is C19H21N5O2. The predicted octanol–water partition coefficient (Wildman–Crippen LogP) is 1.98. The first kappa shape index (κ1) is 16.5. The molecule has 0 bridgehead atoms. The quantitative estimate of drug-likeness (QED) is 0.723. The van der Waals surface area contributed by atoms with Crippen LogP contribution in [-0.2, 0) is 19.9 Å². The molecule has 0 spiro atoms. The van der Waals surface area contributed by atoms with E-state index in [0.29, 0.717) is 36.5 Å². The third kappa shape index (κ3) is 2.89. The summed E-state index contributed by atoms with van der Waals surface area (Å²) < 4.78 is 2.62. The van der Waals surface area contributed by atoms with Gasteiger partial charge in [0.15, 0.2) is 5.65 Å². The van der Waals surface area contributed by atoms with Gasteiger partial charge in [-0.1, -0.05) is 30.3 Å². The van der Waals surface area contributed by atoms with Gasteiger partial charge in [-0.15, -0.1) is 0 Å². The summed E-state index contributed by atoms with van der Waals surface area (Å²) in [4.78, 5) is 36.0. The van der Waals surface area contributed by atoms with Crippen LogP contribution in [-0.4, -0.2) is 43.1 Å². The van der Waals surface area contributed by atoms with Crippen LogP contribution in [0.5, 0.6) is 0 Å². The van der Waals surface area contributed by atoms with Gasteiger partial charge in [0.05, 0.1) is 6.20 Å². The van der Waals surface area contributed by atoms with E-state index in [9.17, 15) is 9.59 Å². The average Bonchev–Trinajstić information content (AvgIpc) is 3.29. The van der Waals surface area contributed by atoms with Crippen LogP contribution in [0.25, 0.3) is 11.2 Å². The molecule has 3 heterocycles. The minimum Gasteiger partial charge on any atom is -0.324 e. The third-order valence-corrected chi connectivity index (χ3v) is 4.90. The molecular weight excluding hydrogens is 330 g/mol. The molecule has 1 aliphatic heterocycles. The van der Waals surface area contributed by atoms with Gasteiger partial charge in [0.2, 0.25) is 0 Å². The van der Waals surface area contributed by atoms with E-state index in [1.807, 2.05) is 18.2 Å². The lowest BCUT2D eigenvalue weighted by Crippen LogP contribution is -2.38. The standard InChI is InChI=1S/C19H21N5O2/c1-22-15-13-20-16(10-9-14-7-3-2-4-8-14)21-17(15)24(18(22)25)19(26)23-11-5-6-12-23/h2-4,7-8,13H,5-6,9-12H2,1H3. The Morgan fingerprint density at radius 2 is 1.85 bits per heavy atom. The van der Waals surface area contributed by atoms with Crippen molar-refractivity contribution in [3.05, 3.63) is 58.4 Å². The molecule has 1 aromatic carbocycles. The molecule has 3 aromatic rings. The molecule has 0 N–H and O–H groups in total. The number of likely N-dealkylation sites (tertiary alicyclic amines) is 1. The zero-order valence-corrected chi connectivity index (χ0v) is 14.8. The van der Waals surface area contributed by atoms with E-state index in [1.54, 1.807) is 18.1 Å². The Balaban J connectivity index is 1.68. The molecule has 1 amide bonds. The molecule has 0 unspecified atom stereocenters. The van der Waals surface area contributed by atoms with Crippen molar-refractivity contribution >= 4 is 17.2 Å². The number of hydrogen-bond donors (Lipinski definition) is 0. The second-order valence-electron chi connectivity index (χ2n) is 6.63. The number of imidazole rings is 1. The van der Waals surface area contributed by atoms with Crippen molar-refractivity contribution in [2.45, 2.75) is 25.7 Å². The van der Waals surface area contributed by atoms with Crippen molar-refractivity contribution in [2.75, 3.05) is 13.1 Å². The molecule has 7 heteroatoms. The van der Waals surface area contributed by atoms with E-state index in [0.717, 1.165) is 19.3 Å². The molecule has 1 aliphatic rings. The zero-order chi connectivity index (χ0) is 18.1. The largest absolute Gasteiger partial charge is 0.338 e. The molecule has 26 heavy (non-hydrogen) atoms. The summed E-state index contributed by atoms with van der Waals surface area (Å²) in [6.07, 6.45) is 5.05. The first-order chi connectivity index (χ1) is 12.6. The number of nitrogens with zero attached hydrogens (tertiary/aromatic N) is 5. The summed E-state index contributed by atoms with van der Waals surface area (Å²) in [6, 6.07) is 9.83. The Hall–Kier alpha value is -2.96. The molecule has 0 atom stereocenters. The summed E-state index contributed by atoms with van der Waals surface area (Å²) in [7, 11) is 1.64. The summed E-state index contributed by atoms with van der Waals surface area (Å²) >= 11 is 0. The fourth-order valence-corrected chi connectivity index (χ4v) is 3.39. The van der Waals surface area contributed by atoms with Crippen LogP contribution in [0.15, 0.2) is 41.3 Å². The maximum absolute atomic E-state index is 12.8. The summed E-state index contributed by atoms with van der Waals surface area (Å²) in [5.74, 6) is 0.634. The molecule has 0 saturated carbocycles. The topological polar surface area (TPSA) is 73.0 Å². The van der Waals surface area contributed by atoms with Gasteiger partial charge in [-0.2, -0.15) is 4.57 Å². The third-order valence-electron chi connectivity index (χ3n) is 4.90. The highest BCUT2D eigenvalue weighted by molar-refractivity contribution is 5.87. The molecule has 1 fully saturated rings. The van der Waals surface area contributed by atoms with Crippen LogP contribution in [0.3, 0.4) is 0 Å².